The summed E-state index contributed by atoms with van der Waals surface area (Å²) < 4.78 is 0. The van der Waals surface area contributed by atoms with Crippen molar-refractivity contribution in [1.29, 1.82) is 0 Å². The Balaban J connectivity index is 1.49. The zero-order chi connectivity index (χ0) is 20.1. The number of hydrogen-bond donors (Lipinski definition) is 2. The Morgan fingerprint density at radius 3 is 2.64 bits per heavy atom. The molecule has 7 heteroatoms. The number of aliphatic carboxylic acids is 1. The normalized spacial score (nSPS) is 21.7. The van der Waals surface area contributed by atoms with E-state index in [0.29, 0.717) is 24.2 Å². The van der Waals surface area contributed by atoms with E-state index in [-0.39, 0.29) is 11.8 Å². The van der Waals surface area contributed by atoms with Crippen molar-refractivity contribution < 1.29 is 19.5 Å². The molecule has 0 bridgehead atoms. The molecule has 1 saturated carbocycles. The summed E-state index contributed by atoms with van der Waals surface area (Å²) in [6, 6.07) is 8.88. The molecule has 2 N–H and O–H groups in total. The Kier molecular flexibility index (Phi) is 4.18. The minimum atomic E-state index is -0.941. The molecule has 0 unspecified atom stereocenters. The van der Waals surface area contributed by atoms with Gasteiger partial charge in [-0.05, 0) is 47.7 Å². The zero-order valence-electron chi connectivity index (χ0n) is 15.7. The molecule has 144 valence electrons. The number of carbonyl (C=O) groups is 3. The third kappa shape index (κ3) is 2.93. The number of carboxylic acid groups (broad SMARTS) is 1. The van der Waals surface area contributed by atoms with E-state index < -0.39 is 23.2 Å². The van der Waals surface area contributed by atoms with Crippen LogP contribution in [0.25, 0.3) is 0 Å². The van der Waals surface area contributed by atoms with Gasteiger partial charge in [0.25, 0.3) is 5.91 Å². The van der Waals surface area contributed by atoms with Crippen LogP contribution in [0.2, 0.25) is 0 Å². The number of nitrogens with one attached hydrogen (secondary N) is 1. The van der Waals surface area contributed by atoms with Gasteiger partial charge in [0.2, 0.25) is 5.91 Å². The molecular weight excluding hydrogens is 358 g/mol. The van der Waals surface area contributed by atoms with Crippen molar-refractivity contribution in [2.45, 2.75) is 20.3 Å². The van der Waals surface area contributed by atoms with Gasteiger partial charge in [0.1, 0.15) is 0 Å². The lowest BCUT2D eigenvalue weighted by Crippen LogP contribution is -2.28. The van der Waals surface area contributed by atoms with Gasteiger partial charge in [-0.3, -0.25) is 19.4 Å². The van der Waals surface area contributed by atoms with E-state index in [4.69, 9.17) is 0 Å². The minimum Gasteiger partial charge on any atom is -0.481 e. The average Bonchev–Trinajstić information content (AvgIpc) is 3.04. The highest BCUT2D eigenvalue weighted by Crippen LogP contribution is 2.58. The molecule has 2 aromatic rings. The van der Waals surface area contributed by atoms with Gasteiger partial charge < -0.3 is 15.3 Å². The van der Waals surface area contributed by atoms with Crippen molar-refractivity contribution in [2.24, 2.45) is 17.3 Å². The lowest BCUT2D eigenvalue weighted by atomic mass is 10.1. The molecule has 1 fully saturated rings. The lowest BCUT2D eigenvalue weighted by molar-refractivity contribution is -0.140. The second kappa shape index (κ2) is 6.44. The molecular formula is C21H21N3O4. The third-order valence-electron chi connectivity index (χ3n) is 5.77. The van der Waals surface area contributed by atoms with E-state index >= 15 is 0 Å². The van der Waals surface area contributed by atoms with Crippen molar-refractivity contribution >= 4 is 29.2 Å². The van der Waals surface area contributed by atoms with E-state index in [9.17, 15) is 19.5 Å². The second-order valence-electron chi connectivity index (χ2n) is 7.90. The quantitative estimate of drug-likeness (QED) is 0.851. The van der Waals surface area contributed by atoms with E-state index in [1.807, 2.05) is 12.1 Å². The smallest absolute Gasteiger partial charge is 0.307 e. The van der Waals surface area contributed by atoms with Crippen LogP contribution in [0.3, 0.4) is 0 Å². The van der Waals surface area contributed by atoms with Gasteiger partial charge in [0, 0.05) is 30.3 Å². The number of hydrogen-bond acceptors (Lipinski definition) is 4. The summed E-state index contributed by atoms with van der Waals surface area (Å²) in [5.74, 6) is -2.52. The first-order chi connectivity index (χ1) is 13.3. The molecule has 28 heavy (non-hydrogen) atoms. The van der Waals surface area contributed by atoms with Gasteiger partial charge in [-0.1, -0.05) is 13.8 Å². The highest BCUT2D eigenvalue weighted by molar-refractivity contribution is 6.07. The van der Waals surface area contributed by atoms with Gasteiger partial charge >= 0.3 is 5.97 Å². The molecule has 2 amide bonds. The summed E-state index contributed by atoms with van der Waals surface area (Å²) in [5, 5.41) is 12.1. The van der Waals surface area contributed by atoms with Crippen LogP contribution in [0.1, 0.15) is 29.8 Å². The molecule has 4 rings (SSSR count). The molecule has 0 spiro atoms. The number of carboxylic acids is 1. The molecule has 2 aliphatic rings. The Labute approximate surface area is 162 Å². The van der Waals surface area contributed by atoms with E-state index in [0.717, 1.165) is 11.3 Å². The number of amides is 2. The van der Waals surface area contributed by atoms with Crippen LogP contribution in [0.5, 0.6) is 0 Å². The standard InChI is InChI=1S/C21H21N3O4/c1-21(2)16(17(21)20(27)28)18(25)23-14-5-6-15-12(10-14)7-9-24(15)19(26)13-4-3-8-22-11-13/h3-6,8,10-11,16-17H,7,9H2,1-2H3,(H,23,25)(H,27,28)/t16-,17+/m0/s1. The van der Waals surface area contributed by atoms with E-state index in [1.54, 1.807) is 49.3 Å². The van der Waals surface area contributed by atoms with Crippen LogP contribution in [0, 0.1) is 17.3 Å². The van der Waals surface area contributed by atoms with E-state index in [1.165, 1.54) is 0 Å². The summed E-state index contributed by atoms with van der Waals surface area (Å²) in [6.45, 7) is 4.15. The Morgan fingerprint density at radius 2 is 2.00 bits per heavy atom. The molecule has 0 radical (unpaired) electrons. The zero-order valence-corrected chi connectivity index (χ0v) is 15.7. The lowest BCUT2D eigenvalue weighted by Gasteiger charge is -2.17. The fourth-order valence-electron chi connectivity index (χ4n) is 4.14. The Bertz CT molecular complexity index is 971. The number of nitrogens with zero attached hydrogens (tertiary/aromatic N) is 2. The SMILES string of the molecule is CC1(C)[C@H](C(=O)Nc2ccc3c(c2)CCN3C(=O)c2cccnc2)[C@@H]1C(=O)O. The Hall–Kier alpha value is -3.22. The van der Waals surface area contributed by atoms with E-state index in [2.05, 4.69) is 10.3 Å². The predicted octanol–water partition coefficient (Wildman–Crippen LogP) is 2.58. The second-order valence-corrected chi connectivity index (χ2v) is 7.90. The van der Waals surface area contributed by atoms with Gasteiger partial charge in [-0.25, -0.2) is 0 Å². The topological polar surface area (TPSA) is 99.6 Å². The van der Waals surface area contributed by atoms with Crippen molar-refractivity contribution in [2.75, 3.05) is 16.8 Å². The summed E-state index contributed by atoms with van der Waals surface area (Å²) in [5.41, 5.74) is 2.40. The first-order valence-electron chi connectivity index (χ1n) is 9.19. The number of benzene rings is 1. The molecule has 1 aromatic heterocycles. The molecule has 2 atom stereocenters. The van der Waals surface area contributed by atoms with Crippen LogP contribution < -0.4 is 10.2 Å². The van der Waals surface area contributed by atoms with Gasteiger partial charge in [-0.15, -0.1) is 0 Å². The van der Waals surface area contributed by atoms with Crippen LogP contribution in [-0.2, 0) is 16.0 Å². The molecule has 1 aromatic carbocycles. The van der Waals surface area contributed by atoms with Crippen molar-refractivity contribution in [1.82, 2.24) is 4.98 Å². The van der Waals surface area contributed by atoms with Gasteiger partial charge in [0.15, 0.2) is 0 Å². The number of anilines is 2. The third-order valence-corrected chi connectivity index (χ3v) is 5.77. The summed E-state index contributed by atoms with van der Waals surface area (Å²) in [4.78, 5) is 42.2. The highest BCUT2D eigenvalue weighted by Gasteiger charge is 2.65. The molecule has 1 aliphatic carbocycles. The van der Waals surface area contributed by atoms with Gasteiger partial charge in [0.05, 0.1) is 17.4 Å². The maximum absolute atomic E-state index is 12.7. The summed E-state index contributed by atoms with van der Waals surface area (Å²) in [7, 11) is 0. The minimum absolute atomic E-state index is 0.104. The number of aromatic nitrogens is 1. The van der Waals surface area contributed by atoms with Crippen LogP contribution >= 0.6 is 0 Å². The van der Waals surface area contributed by atoms with Crippen LogP contribution in [-0.4, -0.2) is 34.4 Å². The van der Waals surface area contributed by atoms with Crippen molar-refractivity contribution in [3.8, 4) is 0 Å². The first kappa shape index (κ1) is 18.2. The van der Waals surface area contributed by atoms with Crippen LogP contribution in [0.15, 0.2) is 42.7 Å². The number of rotatable bonds is 4. The molecule has 0 saturated heterocycles. The monoisotopic (exact) mass is 379 g/mol. The number of carbonyl (C=O) groups excluding carboxylic acids is 2. The molecule has 1 aliphatic heterocycles. The largest absolute Gasteiger partial charge is 0.481 e. The first-order valence-corrected chi connectivity index (χ1v) is 9.19. The number of pyridine rings is 1. The maximum atomic E-state index is 12.7. The molecule has 7 nitrogen and oxygen atoms in total. The maximum Gasteiger partial charge on any atom is 0.307 e. The average molecular weight is 379 g/mol. The summed E-state index contributed by atoms with van der Waals surface area (Å²) in [6.07, 6.45) is 3.86. The highest BCUT2D eigenvalue weighted by atomic mass is 16.4. The van der Waals surface area contributed by atoms with Crippen molar-refractivity contribution in [3.05, 3.63) is 53.9 Å². The fourth-order valence-corrected chi connectivity index (χ4v) is 4.14. The molecule has 2 heterocycles. The predicted molar refractivity (Wildman–Crippen MR) is 103 cm³/mol. The van der Waals surface area contributed by atoms with Crippen molar-refractivity contribution in [3.63, 3.8) is 0 Å². The fraction of sp³-hybridized carbons (Fsp3) is 0.333. The summed E-state index contributed by atoms with van der Waals surface area (Å²) >= 11 is 0. The van der Waals surface area contributed by atoms with Crippen LogP contribution in [0.4, 0.5) is 11.4 Å². The number of fused-ring (bicyclic) bond motifs is 1. The Morgan fingerprint density at radius 1 is 1.21 bits per heavy atom. The van der Waals surface area contributed by atoms with Gasteiger partial charge in [-0.2, -0.15) is 0 Å².